The van der Waals surface area contributed by atoms with Gasteiger partial charge in [0.15, 0.2) is 0 Å². The van der Waals surface area contributed by atoms with Crippen LogP contribution in [0.2, 0.25) is 0 Å². The summed E-state index contributed by atoms with van der Waals surface area (Å²) in [7, 11) is -1.26. The van der Waals surface area contributed by atoms with E-state index in [1.54, 1.807) is 18.4 Å². The SMILES string of the molecule is CSC(=O)N[C@H]1Cc2cccc(C(=O)O)c2OB1O. The summed E-state index contributed by atoms with van der Waals surface area (Å²) in [6.45, 7) is 0. The molecular weight excluding hydrogens is 269 g/mol. The fourth-order valence-electron chi connectivity index (χ4n) is 1.93. The molecule has 8 heteroatoms. The summed E-state index contributed by atoms with van der Waals surface area (Å²) in [5.74, 6) is -1.54. The topological polar surface area (TPSA) is 95.9 Å². The monoisotopic (exact) mass is 281 g/mol. The second kappa shape index (κ2) is 5.54. The molecule has 3 N–H and O–H groups in total. The molecule has 1 atom stereocenters. The van der Waals surface area contributed by atoms with E-state index in [4.69, 9.17) is 9.76 Å². The van der Waals surface area contributed by atoms with E-state index in [0.717, 1.165) is 11.8 Å². The third-order valence-electron chi connectivity index (χ3n) is 2.84. The minimum atomic E-state index is -1.26. The Morgan fingerprint density at radius 2 is 2.26 bits per heavy atom. The average molecular weight is 281 g/mol. The Kier molecular flexibility index (Phi) is 4.01. The van der Waals surface area contributed by atoms with E-state index in [9.17, 15) is 14.6 Å². The maximum atomic E-state index is 11.3. The van der Waals surface area contributed by atoms with Crippen molar-refractivity contribution >= 4 is 30.1 Å². The first kappa shape index (κ1) is 13.8. The zero-order valence-corrected chi connectivity index (χ0v) is 10.9. The van der Waals surface area contributed by atoms with Gasteiger partial charge in [0.1, 0.15) is 5.75 Å². The number of amides is 1. The van der Waals surface area contributed by atoms with E-state index < -0.39 is 19.0 Å². The maximum absolute atomic E-state index is 11.3. The summed E-state index contributed by atoms with van der Waals surface area (Å²) in [6.07, 6.45) is 1.95. The zero-order valence-electron chi connectivity index (χ0n) is 10.1. The normalized spacial score (nSPS) is 17.4. The lowest BCUT2D eigenvalue weighted by Crippen LogP contribution is -2.52. The highest BCUT2D eigenvalue weighted by Crippen LogP contribution is 2.30. The smallest absolute Gasteiger partial charge is 0.534 e. The number of hydrogen-bond donors (Lipinski definition) is 3. The number of carbonyl (C=O) groups is 2. The van der Waals surface area contributed by atoms with Gasteiger partial charge in [0, 0.05) is 0 Å². The Morgan fingerprint density at radius 3 is 2.89 bits per heavy atom. The number of carboxylic acids is 1. The Bertz CT molecular complexity index is 524. The van der Waals surface area contributed by atoms with E-state index in [1.165, 1.54) is 6.07 Å². The summed E-state index contributed by atoms with van der Waals surface area (Å²) >= 11 is 0.999. The molecule has 0 aromatic heterocycles. The van der Waals surface area contributed by atoms with Crippen LogP contribution in [0.15, 0.2) is 18.2 Å². The second-order valence-corrected chi connectivity index (χ2v) is 4.83. The molecule has 1 aromatic rings. The molecule has 6 nitrogen and oxygen atoms in total. The fraction of sp³-hybridized carbons (Fsp3) is 0.273. The van der Waals surface area contributed by atoms with Crippen molar-refractivity contribution in [2.45, 2.75) is 12.4 Å². The van der Waals surface area contributed by atoms with E-state index in [1.807, 2.05) is 0 Å². The summed E-state index contributed by atoms with van der Waals surface area (Å²) in [5, 5.41) is 21.2. The minimum absolute atomic E-state index is 0.00573. The first-order valence-electron chi connectivity index (χ1n) is 5.57. The Morgan fingerprint density at radius 1 is 1.53 bits per heavy atom. The van der Waals surface area contributed by atoms with Crippen LogP contribution < -0.4 is 9.97 Å². The van der Waals surface area contributed by atoms with Gasteiger partial charge in [-0.25, -0.2) is 4.79 Å². The van der Waals surface area contributed by atoms with Gasteiger partial charge in [0.05, 0.1) is 11.5 Å². The van der Waals surface area contributed by atoms with Gasteiger partial charge < -0.3 is 20.1 Å². The van der Waals surface area contributed by atoms with Crippen LogP contribution in [0.25, 0.3) is 0 Å². The standard InChI is InChI=1S/C11H12BNO5S/c1-19-11(16)13-8-5-6-3-2-4-7(10(14)15)9(6)18-12(8)17/h2-4,8,17H,5H2,1H3,(H,13,16)(H,14,15)/t8-/m0/s1. The quantitative estimate of drug-likeness (QED) is 0.693. The van der Waals surface area contributed by atoms with Gasteiger partial charge in [-0.05, 0) is 24.3 Å². The predicted molar refractivity (Wildman–Crippen MR) is 71.5 cm³/mol. The van der Waals surface area contributed by atoms with Crippen molar-refractivity contribution in [3.63, 3.8) is 0 Å². The summed E-state index contributed by atoms with van der Waals surface area (Å²) < 4.78 is 5.23. The summed E-state index contributed by atoms with van der Waals surface area (Å²) in [5.41, 5.74) is 0.655. The van der Waals surface area contributed by atoms with Gasteiger partial charge in [0.25, 0.3) is 5.24 Å². The zero-order chi connectivity index (χ0) is 14.0. The molecule has 0 aliphatic carbocycles. The molecule has 0 unspecified atom stereocenters. The molecule has 0 fully saturated rings. The van der Waals surface area contributed by atoms with E-state index in [2.05, 4.69) is 5.32 Å². The number of rotatable bonds is 2. The fourth-order valence-corrected chi connectivity index (χ4v) is 2.20. The van der Waals surface area contributed by atoms with Crippen LogP contribution in [0, 0.1) is 0 Å². The molecule has 0 saturated carbocycles. The van der Waals surface area contributed by atoms with Crippen LogP contribution in [0.4, 0.5) is 4.79 Å². The van der Waals surface area contributed by atoms with Crippen molar-refractivity contribution in [1.29, 1.82) is 0 Å². The second-order valence-electron chi connectivity index (χ2n) is 4.05. The third-order valence-corrected chi connectivity index (χ3v) is 3.33. The number of para-hydroxylation sites is 1. The van der Waals surface area contributed by atoms with E-state index in [0.29, 0.717) is 12.0 Å². The minimum Gasteiger partial charge on any atom is -0.534 e. The lowest BCUT2D eigenvalue weighted by Gasteiger charge is -2.28. The first-order chi connectivity index (χ1) is 9.02. The largest absolute Gasteiger partial charge is 0.547 e. The molecule has 1 aliphatic rings. The van der Waals surface area contributed by atoms with Crippen LogP contribution in [-0.2, 0) is 6.42 Å². The summed E-state index contributed by atoms with van der Waals surface area (Å²) in [6, 6.07) is 4.73. The first-order valence-corrected chi connectivity index (χ1v) is 6.79. The average Bonchev–Trinajstić information content (AvgIpc) is 2.38. The predicted octanol–water partition coefficient (Wildman–Crippen LogP) is 0.781. The third kappa shape index (κ3) is 2.85. The highest BCUT2D eigenvalue weighted by Gasteiger charge is 2.37. The number of fused-ring (bicyclic) bond motifs is 1. The van der Waals surface area contributed by atoms with Crippen molar-refractivity contribution in [1.82, 2.24) is 5.32 Å². The molecule has 19 heavy (non-hydrogen) atoms. The Balaban J connectivity index is 2.26. The number of nitrogens with one attached hydrogen (secondary N) is 1. The van der Waals surface area contributed by atoms with Gasteiger partial charge >= 0.3 is 13.1 Å². The number of hydrogen-bond acceptors (Lipinski definition) is 5. The Labute approximate surface area is 114 Å². The van der Waals surface area contributed by atoms with Crippen molar-refractivity contribution in [3.8, 4) is 5.75 Å². The van der Waals surface area contributed by atoms with Crippen LogP contribution in [0.3, 0.4) is 0 Å². The van der Waals surface area contributed by atoms with E-state index in [-0.39, 0.29) is 16.6 Å². The highest BCUT2D eigenvalue weighted by atomic mass is 32.2. The molecule has 0 saturated heterocycles. The molecule has 0 spiro atoms. The maximum Gasteiger partial charge on any atom is 0.547 e. The molecular formula is C11H12BNO5S. The number of carboxylic acid groups (broad SMARTS) is 1. The molecule has 100 valence electrons. The van der Waals surface area contributed by atoms with Gasteiger partial charge in [-0.15, -0.1) is 0 Å². The van der Waals surface area contributed by atoms with Gasteiger partial charge in [0.2, 0.25) is 0 Å². The number of thioether (sulfide) groups is 1. The highest BCUT2D eigenvalue weighted by molar-refractivity contribution is 8.12. The van der Waals surface area contributed by atoms with Crippen LogP contribution in [0.1, 0.15) is 15.9 Å². The molecule has 1 aromatic carbocycles. The van der Waals surface area contributed by atoms with Gasteiger partial charge in [-0.2, -0.15) is 0 Å². The number of benzene rings is 1. The van der Waals surface area contributed by atoms with Crippen molar-refractivity contribution in [2.75, 3.05) is 6.26 Å². The molecule has 2 rings (SSSR count). The van der Waals surface area contributed by atoms with Gasteiger partial charge in [-0.1, -0.05) is 23.9 Å². The number of carbonyl (C=O) groups excluding carboxylic acids is 1. The van der Waals surface area contributed by atoms with Crippen molar-refractivity contribution < 1.29 is 24.4 Å². The van der Waals surface area contributed by atoms with Gasteiger partial charge in [-0.3, -0.25) is 4.79 Å². The molecule has 0 bridgehead atoms. The van der Waals surface area contributed by atoms with Crippen molar-refractivity contribution in [3.05, 3.63) is 29.3 Å². The molecule has 1 aliphatic heterocycles. The molecule has 1 heterocycles. The van der Waals surface area contributed by atoms with E-state index >= 15 is 0 Å². The van der Waals surface area contributed by atoms with Crippen molar-refractivity contribution in [2.24, 2.45) is 0 Å². The lowest BCUT2D eigenvalue weighted by atomic mass is 9.72. The molecule has 0 radical (unpaired) electrons. The van der Waals surface area contributed by atoms with Crippen LogP contribution >= 0.6 is 11.8 Å². The molecule has 1 amide bonds. The number of aromatic carboxylic acids is 1. The lowest BCUT2D eigenvalue weighted by molar-refractivity contribution is 0.0694. The Hall–Kier alpha value is -1.67. The summed E-state index contributed by atoms with van der Waals surface area (Å²) in [4.78, 5) is 22.4. The van der Waals surface area contributed by atoms with Crippen LogP contribution in [-0.4, -0.2) is 40.7 Å². The van der Waals surface area contributed by atoms with Crippen LogP contribution in [0.5, 0.6) is 5.75 Å².